The van der Waals surface area contributed by atoms with Gasteiger partial charge in [-0.3, -0.25) is 0 Å². The molecule has 0 aliphatic heterocycles. The van der Waals surface area contributed by atoms with Crippen LogP contribution in [0, 0.1) is 5.92 Å². The van der Waals surface area contributed by atoms with E-state index in [1.54, 1.807) is 0 Å². The van der Waals surface area contributed by atoms with Crippen molar-refractivity contribution in [1.29, 1.82) is 0 Å². The molecule has 78 valence electrons. The van der Waals surface area contributed by atoms with E-state index < -0.39 is 0 Å². The van der Waals surface area contributed by atoms with Crippen LogP contribution in [-0.4, -0.2) is 12.6 Å². The van der Waals surface area contributed by atoms with Gasteiger partial charge in [0.1, 0.15) is 0 Å². The summed E-state index contributed by atoms with van der Waals surface area (Å²) in [7, 11) is 0. The average Bonchev–Trinajstić information content (AvgIpc) is 2.16. The van der Waals surface area contributed by atoms with Gasteiger partial charge in [0.25, 0.3) is 0 Å². The number of hydrogen-bond acceptors (Lipinski definition) is 1. The Hall–Kier alpha value is -0.820. The molecule has 0 amide bonds. The zero-order chi connectivity index (χ0) is 10.4. The summed E-state index contributed by atoms with van der Waals surface area (Å²) in [5.41, 5.74) is 1.41. The van der Waals surface area contributed by atoms with E-state index >= 15 is 0 Å². The lowest BCUT2D eigenvalue weighted by Crippen LogP contribution is -2.31. The minimum absolute atomic E-state index is 0.569. The van der Waals surface area contributed by atoms with Gasteiger partial charge in [0.2, 0.25) is 0 Å². The van der Waals surface area contributed by atoms with Crippen molar-refractivity contribution < 1.29 is 0 Å². The highest BCUT2D eigenvalue weighted by atomic mass is 14.9. The van der Waals surface area contributed by atoms with Crippen molar-refractivity contribution in [3.8, 4) is 0 Å². The molecule has 0 aliphatic rings. The third kappa shape index (κ3) is 4.43. The summed E-state index contributed by atoms with van der Waals surface area (Å²) in [5.74, 6) is 0.730. The van der Waals surface area contributed by atoms with Gasteiger partial charge in [0.15, 0.2) is 0 Å². The van der Waals surface area contributed by atoms with Crippen LogP contribution in [0.3, 0.4) is 0 Å². The highest BCUT2D eigenvalue weighted by Gasteiger charge is 2.02. The van der Waals surface area contributed by atoms with Crippen LogP contribution in [0.2, 0.25) is 0 Å². The summed E-state index contributed by atoms with van der Waals surface area (Å²) in [6.45, 7) is 7.83. The molecule has 0 radical (unpaired) electrons. The summed E-state index contributed by atoms with van der Waals surface area (Å²) in [5, 5.41) is 3.53. The number of rotatable bonds is 5. The SMILES string of the molecule is CC(C)CNC(C)Cc1ccccc1. The highest BCUT2D eigenvalue weighted by Crippen LogP contribution is 2.02. The second kappa shape index (κ2) is 5.82. The lowest BCUT2D eigenvalue weighted by molar-refractivity contribution is 0.482. The maximum atomic E-state index is 3.53. The molecular formula is C13H21N. The van der Waals surface area contributed by atoms with E-state index in [0.29, 0.717) is 6.04 Å². The fourth-order valence-electron chi connectivity index (χ4n) is 1.48. The predicted octanol–water partition coefficient (Wildman–Crippen LogP) is 2.86. The Kier molecular flexibility index (Phi) is 4.68. The first-order valence-corrected chi connectivity index (χ1v) is 5.46. The molecule has 1 unspecified atom stereocenters. The summed E-state index contributed by atoms with van der Waals surface area (Å²) >= 11 is 0. The molecule has 0 fully saturated rings. The molecule has 1 N–H and O–H groups in total. The van der Waals surface area contributed by atoms with E-state index in [1.165, 1.54) is 5.56 Å². The van der Waals surface area contributed by atoms with E-state index in [4.69, 9.17) is 0 Å². The van der Waals surface area contributed by atoms with Gasteiger partial charge in [-0.25, -0.2) is 0 Å². The smallest absolute Gasteiger partial charge is 0.00792 e. The van der Waals surface area contributed by atoms with E-state index in [-0.39, 0.29) is 0 Å². The van der Waals surface area contributed by atoms with Crippen LogP contribution < -0.4 is 5.32 Å². The van der Waals surface area contributed by atoms with Gasteiger partial charge in [-0.1, -0.05) is 44.2 Å². The summed E-state index contributed by atoms with van der Waals surface area (Å²) in [6.07, 6.45) is 1.12. The Morgan fingerprint density at radius 3 is 2.29 bits per heavy atom. The Labute approximate surface area is 87.5 Å². The standard InChI is InChI=1S/C13H21N/c1-11(2)10-14-12(3)9-13-7-5-4-6-8-13/h4-8,11-12,14H,9-10H2,1-3H3. The van der Waals surface area contributed by atoms with Gasteiger partial charge in [-0.15, -0.1) is 0 Å². The second-order valence-corrected chi connectivity index (χ2v) is 4.39. The van der Waals surface area contributed by atoms with Crippen LogP contribution in [0.4, 0.5) is 0 Å². The van der Waals surface area contributed by atoms with Crippen molar-refractivity contribution in [3.05, 3.63) is 35.9 Å². The minimum atomic E-state index is 0.569. The Morgan fingerprint density at radius 2 is 1.71 bits per heavy atom. The Bertz CT molecular complexity index is 241. The molecule has 1 heteroatoms. The van der Waals surface area contributed by atoms with Crippen LogP contribution in [0.1, 0.15) is 26.3 Å². The molecule has 0 heterocycles. The number of benzene rings is 1. The number of nitrogens with one attached hydrogen (secondary N) is 1. The second-order valence-electron chi connectivity index (χ2n) is 4.39. The summed E-state index contributed by atoms with van der Waals surface area (Å²) in [4.78, 5) is 0. The minimum Gasteiger partial charge on any atom is -0.314 e. The van der Waals surface area contributed by atoms with E-state index in [1.807, 2.05) is 0 Å². The first-order valence-electron chi connectivity index (χ1n) is 5.46. The van der Waals surface area contributed by atoms with Gasteiger partial charge in [0.05, 0.1) is 0 Å². The number of hydrogen-bond donors (Lipinski definition) is 1. The molecule has 0 aromatic heterocycles. The molecule has 0 saturated heterocycles. The molecule has 1 atom stereocenters. The molecule has 1 nitrogen and oxygen atoms in total. The summed E-state index contributed by atoms with van der Waals surface area (Å²) in [6, 6.07) is 11.2. The van der Waals surface area contributed by atoms with E-state index in [0.717, 1.165) is 18.9 Å². The van der Waals surface area contributed by atoms with Crippen molar-refractivity contribution in [2.24, 2.45) is 5.92 Å². The molecule has 1 aromatic carbocycles. The first-order chi connectivity index (χ1) is 6.68. The predicted molar refractivity (Wildman–Crippen MR) is 62.4 cm³/mol. The molecule has 14 heavy (non-hydrogen) atoms. The third-order valence-corrected chi connectivity index (χ3v) is 2.26. The topological polar surface area (TPSA) is 12.0 Å². The van der Waals surface area contributed by atoms with E-state index in [9.17, 15) is 0 Å². The van der Waals surface area contributed by atoms with Crippen LogP contribution in [0.15, 0.2) is 30.3 Å². The Morgan fingerprint density at radius 1 is 1.07 bits per heavy atom. The lowest BCUT2D eigenvalue weighted by Gasteiger charge is -2.15. The monoisotopic (exact) mass is 191 g/mol. The maximum absolute atomic E-state index is 3.53. The van der Waals surface area contributed by atoms with E-state index in [2.05, 4.69) is 56.4 Å². The first kappa shape index (κ1) is 11.3. The third-order valence-electron chi connectivity index (χ3n) is 2.26. The van der Waals surface area contributed by atoms with Crippen LogP contribution in [0.5, 0.6) is 0 Å². The van der Waals surface area contributed by atoms with Gasteiger partial charge in [-0.05, 0) is 31.4 Å². The van der Waals surface area contributed by atoms with Crippen molar-refractivity contribution >= 4 is 0 Å². The molecule has 0 saturated carbocycles. The molecule has 0 aliphatic carbocycles. The van der Waals surface area contributed by atoms with Crippen molar-refractivity contribution in [3.63, 3.8) is 0 Å². The highest BCUT2D eigenvalue weighted by molar-refractivity contribution is 5.15. The largest absolute Gasteiger partial charge is 0.314 e. The maximum Gasteiger partial charge on any atom is 0.00792 e. The zero-order valence-electron chi connectivity index (χ0n) is 9.46. The average molecular weight is 191 g/mol. The fourth-order valence-corrected chi connectivity index (χ4v) is 1.48. The van der Waals surface area contributed by atoms with Crippen molar-refractivity contribution in [1.82, 2.24) is 5.32 Å². The quantitative estimate of drug-likeness (QED) is 0.754. The van der Waals surface area contributed by atoms with Crippen molar-refractivity contribution in [2.75, 3.05) is 6.54 Å². The molecule has 0 bridgehead atoms. The van der Waals surface area contributed by atoms with Gasteiger partial charge in [-0.2, -0.15) is 0 Å². The van der Waals surface area contributed by atoms with Crippen molar-refractivity contribution in [2.45, 2.75) is 33.2 Å². The Balaban J connectivity index is 2.30. The molecule has 1 aromatic rings. The molecule has 0 spiro atoms. The van der Waals surface area contributed by atoms with Gasteiger partial charge < -0.3 is 5.32 Å². The van der Waals surface area contributed by atoms with Crippen LogP contribution >= 0.6 is 0 Å². The van der Waals surface area contributed by atoms with Crippen LogP contribution in [-0.2, 0) is 6.42 Å². The summed E-state index contributed by atoms with van der Waals surface area (Å²) < 4.78 is 0. The zero-order valence-corrected chi connectivity index (χ0v) is 9.46. The van der Waals surface area contributed by atoms with Crippen LogP contribution in [0.25, 0.3) is 0 Å². The lowest BCUT2D eigenvalue weighted by atomic mass is 10.1. The molecular weight excluding hydrogens is 170 g/mol. The normalized spacial score (nSPS) is 13.1. The fraction of sp³-hybridized carbons (Fsp3) is 0.538. The molecule has 1 rings (SSSR count). The van der Waals surface area contributed by atoms with Gasteiger partial charge in [0, 0.05) is 6.04 Å². The van der Waals surface area contributed by atoms with Gasteiger partial charge >= 0.3 is 0 Å².